The van der Waals surface area contributed by atoms with Crippen molar-refractivity contribution in [1.29, 1.82) is 0 Å². The predicted octanol–water partition coefficient (Wildman–Crippen LogP) is 2.40. The quantitative estimate of drug-likeness (QED) is 0.625. The minimum atomic E-state index is 0.255. The number of thioether (sulfide) groups is 1. The van der Waals surface area contributed by atoms with Gasteiger partial charge in [-0.2, -0.15) is 8.75 Å². The summed E-state index contributed by atoms with van der Waals surface area (Å²) in [5.74, 6) is 1.56. The minimum absolute atomic E-state index is 0.255. The van der Waals surface area contributed by atoms with E-state index in [0.29, 0.717) is 12.2 Å². The molecule has 0 spiro atoms. The fourth-order valence-electron chi connectivity index (χ4n) is 1.94. The predicted molar refractivity (Wildman–Crippen MR) is 86.2 cm³/mol. The largest absolute Gasteiger partial charge is 0.298 e. The van der Waals surface area contributed by atoms with Gasteiger partial charge in [-0.05, 0) is 25.5 Å². The van der Waals surface area contributed by atoms with Gasteiger partial charge in [0.2, 0.25) is 0 Å². The monoisotopic (exact) mass is 331 g/mol. The van der Waals surface area contributed by atoms with Crippen molar-refractivity contribution in [2.24, 2.45) is 0 Å². The Labute approximate surface area is 135 Å². The molecule has 4 rings (SSSR count). The van der Waals surface area contributed by atoms with Gasteiger partial charge in [-0.25, -0.2) is 15.0 Å². The summed E-state index contributed by atoms with van der Waals surface area (Å²) < 4.78 is 8.03. The molecule has 1 aliphatic rings. The lowest BCUT2D eigenvalue weighted by Crippen LogP contribution is -2.14. The van der Waals surface area contributed by atoms with Crippen molar-refractivity contribution in [3.05, 3.63) is 35.5 Å². The zero-order chi connectivity index (χ0) is 15.5. The van der Waals surface area contributed by atoms with E-state index in [-0.39, 0.29) is 5.78 Å². The van der Waals surface area contributed by atoms with Gasteiger partial charge in [-0.15, -0.1) is 11.8 Å². The van der Waals surface area contributed by atoms with E-state index in [1.54, 1.807) is 12.4 Å². The van der Waals surface area contributed by atoms with Crippen LogP contribution in [0.1, 0.15) is 17.1 Å². The molecule has 0 saturated carbocycles. The average molecular weight is 331 g/mol. The second-order valence-corrected chi connectivity index (χ2v) is 6.40. The lowest BCUT2D eigenvalue weighted by atomic mass is 10.2. The van der Waals surface area contributed by atoms with E-state index in [0.717, 1.165) is 33.1 Å². The molecular formula is C14H13N5OS2. The van der Waals surface area contributed by atoms with Crippen LogP contribution in [0, 0.1) is 13.8 Å². The molecule has 0 radical (unpaired) electrons. The highest BCUT2D eigenvalue weighted by Crippen LogP contribution is 2.25. The number of rotatable bonds is 0. The Morgan fingerprint density at radius 2 is 2.00 bits per heavy atom. The molecule has 0 bridgehead atoms. The van der Waals surface area contributed by atoms with E-state index >= 15 is 0 Å². The number of aromatic nitrogens is 5. The molecule has 0 fully saturated rings. The molecule has 6 nitrogen and oxygen atoms in total. The van der Waals surface area contributed by atoms with E-state index in [2.05, 4.69) is 23.7 Å². The molecule has 0 atom stereocenters. The van der Waals surface area contributed by atoms with Crippen molar-refractivity contribution < 1.29 is 4.79 Å². The molecule has 112 valence electrons. The van der Waals surface area contributed by atoms with Gasteiger partial charge in [-0.1, -0.05) is 0 Å². The van der Waals surface area contributed by atoms with Gasteiger partial charge < -0.3 is 0 Å². The second-order valence-electron chi connectivity index (χ2n) is 4.85. The third kappa shape index (κ3) is 3.45. The van der Waals surface area contributed by atoms with Gasteiger partial charge in [0.25, 0.3) is 0 Å². The Kier molecular flexibility index (Phi) is 4.39. The maximum absolute atomic E-state index is 11.1. The van der Waals surface area contributed by atoms with Crippen LogP contribution in [-0.4, -0.2) is 35.2 Å². The van der Waals surface area contributed by atoms with Gasteiger partial charge in [-0.3, -0.25) is 4.79 Å². The molecule has 0 saturated heterocycles. The fraction of sp³-hybridized carbons (Fsp3) is 0.286. The lowest BCUT2D eigenvalue weighted by Gasteiger charge is -2.12. The van der Waals surface area contributed by atoms with Gasteiger partial charge in [0.15, 0.2) is 5.65 Å². The zero-order valence-electron chi connectivity index (χ0n) is 12.1. The standard InChI is InChI=1S/C8H8N2OS.C6H5N3S/c1-5-9-3-8-7(10-5)2-6(11)4-12-8;1-4-2-5-6(7-3-4)9-10-8-5/h3H,2,4H2,1H3;2-3H,1H3. The second kappa shape index (κ2) is 6.45. The molecule has 0 unspecified atom stereocenters. The number of nitrogens with zero attached hydrogens (tertiary/aromatic N) is 5. The van der Waals surface area contributed by atoms with Crippen LogP contribution in [0.25, 0.3) is 11.2 Å². The fourth-order valence-corrected chi connectivity index (χ4v) is 3.25. The topological polar surface area (TPSA) is 81.5 Å². The molecule has 0 N–H and O–H groups in total. The molecule has 3 aromatic rings. The SMILES string of the molecule is Cc1cnc2nsnc2c1.Cc1ncc2c(n1)CC(=O)CS2. The van der Waals surface area contributed by atoms with E-state index in [9.17, 15) is 4.79 Å². The first-order chi connectivity index (χ1) is 10.6. The van der Waals surface area contributed by atoms with Crippen molar-refractivity contribution in [2.75, 3.05) is 5.75 Å². The molecule has 0 aliphatic carbocycles. The summed E-state index contributed by atoms with van der Waals surface area (Å²) in [6, 6.07) is 1.98. The first-order valence-corrected chi connectivity index (χ1v) is 8.35. The average Bonchev–Trinajstić information content (AvgIpc) is 2.94. The first-order valence-electron chi connectivity index (χ1n) is 6.64. The Balaban J connectivity index is 0.000000133. The number of carbonyl (C=O) groups is 1. The van der Waals surface area contributed by atoms with Crippen LogP contribution in [0.2, 0.25) is 0 Å². The van der Waals surface area contributed by atoms with Crippen LogP contribution in [-0.2, 0) is 11.2 Å². The molecular weight excluding hydrogens is 318 g/mol. The van der Waals surface area contributed by atoms with Gasteiger partial charge in [0, 0.05) is 17.3 Å². The van der Waals surface area contributed by atoms with Gasteiger partial charge in [0.05, 0.1) is 29.6 Å². The van der Waals surface area contributed by atoms with Crippen molar-refractivity contribution >= 4 is 40.4 Å². The third-order valence-corrected chi connectivity index (χ3v) is 4.60. The van der Waals surface area contributed by atoms with Crippen LogP contribution in [0.15, 0.2) is 23.4 Å². The van der Waals surface area contributed by atoms with Crippen molar-refractivity contribution in [2.45, 2.75) is 25.2 Å². The van der Waals surface area contributed by atoms with Gasteiger partial charge >= 0.3 is 0 Å². The Morgan fingerprint density at radius 1 is 1.14 bits per heavy atom. The zero-order valence-corrected chi connectivity index (χ0v) is 13.7. The van der Waals surface area contributed by atoms with E-state index in [1.165, 1.54) is 23.5 Å². The Hall–Kier alpha value is -1.93. The number of fused-ring (bicyclic) bond motifs is 2. The number of hydrogen-bond donors (Lipinski definition) is 0. The minimum Gasteiger partial charge on any atom is -0.298 e. The first kappa shape index (κ1) is 15.0. The van der Waals surface area contributed by atoms with E-state index in [4.69, 9.17) is 0 Å². The van der Waals surface area contributed by atoms with Crippen LogP contribution < -0.4 is 0 Å². The maximum Gasteiger partial charge on any atom is 0.193 e. The summed E-state index contributed by atoms with van der Waals surface area (Å²) in [6.45, 7) is 3.83. The molecule has 0 aromatic carbocycles. The highest BCUT2D eigenvalue weighted by Gasteiger charge is 2.17. The molecule has 8 heteroatoms. The van der Waals surface area contributed by atoms with Crippen molar-refractivity contribution in [1.82, 2.24) is 23.7 Å². The molecule has 1 aliphatic heterocycles. The maximum atomic E-state index is 11.1. The summed E-state index contributed by atoms with van der Waals surface area (Å²) in [7, 11) is 0. The Morgan fingerprint density at radius 3 is 2.86 bits per heavy atom. The van der Waals surface area contributed by atoms with Crippen LogP contribution in [0.3, 0.4) is 0 Å². The van der Waals surface area contributed by atoms with Crippen LogP contribution >= 0.6 is 23.5 Å². The summed E-state index contributed by atoms with van der Waals surface area (Å²) in [5, 5.41) is 0. The number of Topliss-reactive ketones (excluding diaryl/α,β-unsaturated/α-hetero) is 1. The highest BCUT2D eigenvalue weighted by molar-refractivity contribution is 8.00. The number of carbonyl (C=O) groups excluding carboxylic acids is 1. The summed E-state index contributed by atoms with van der Waals surface area (Å²) in [6.07, 6.45) is 4.07. The highest BCUT2D eigenvalue weighted by atomic mass is 32.2. The van der Waals surface area contributed by atoms with E-state index < -0.39 is 0 Å². The Bertz CT molecular complexity index is 833. The summed E-state index contributed by atoms with van der Waals surface area (Å²) in [5.41, 5.74) is 3.66. The molecule has 22 heavy (non-hydrogen) atoms. The van der Waals surface area contributed by atoms with Crippen molar-refractivity contribution in [3.8, 4) is 0 Å². The number of aryl methyl sites for hydroxylation is 2. The summed E-state index contributed by atoms with van der Waals surface area (Å²) in [4.78, 5) is 24.5. The number of ketones is 1. The molecule has 4 heterocycles. The number of pyridine rings is 1. The lowest BCUT2D eigenvalue weighted by molar-refractivity contribution is -0.116. The van der Waals surface area contributed by atoms with Gasteiger partial charge in [0.1, 0.15) is 17.1 Å². The van der Waals surface area contributed by atoms with Crippen molar-refractivity contribution in [3.63, 3.8) is 0 Å². The molecule has 3 aromatic heterocycles. The smallest absolute Gasteiger partial charge is 0.193 e. The van der Waals surface area contributed by atoms with Crippen LogP contribution in [0.4, 0.5) is 0 Å². The normalized spacial score (nSPS) is 13.5. The summed E-state index contributed by atoms with van der Waals surface area (Å²) >= 11 is 2.73. The molecule has 0 amide bonds. The van der Waals surface area contributed by atoms with E-state index in [1.807, 2.05) is 19.9 Å². The van der Waals surface area contributed by atoms with Crippen LogP contribution in [0.5, 0.6) is 0 Å². The number of hydrogen-bond acceptors (Lipinski definition) is 8. The third-order valence-electron chi connectivity index (χ3n) is 2.95.